The van der Waals surface area contributed by atoms with Crippen LogP contribution in [0.15, 0.2) is 0 Å². The van der Waals surface area contributed by atoms with Crippen LogP contribution < -0.4 is 5.48 Å². The predicted octanol–water partition coefficient (Wildman–Crippen LogP) is 0.778. The minimum absolute atomic E-state index is 0.704. The Bertz CT molecular complexity index is 306. The molecule has 7 nitrogen and oxygen atoms in total. The van der Waals surface area contributed by atoms with E-state index in [1.807, 2.05) is 0 Å². The summed E-state index contributed by atoms with van der Waals surface area (Å²) >= 11 is 0. The lowest BCUT2D eigenvalue weighted by molar-refractivity contribution is -0.164. The second-order valence-corrected chi connectivity index (χ2v) is 4.27. The number of hydroxylamine groups is 1. The predicted molar refractivity (Wildman–Crippen MR) is 56.6 cm³/mol. The molecule has 0 aromatic heterocycles. The van der Waals surface area contributed by atoms with E-state index < -0.39 is 29.6 Å². The molecule has 0 aliphatic rings. The summed E-state index contributed by atoms with van der Waals surface area (Å²) in [5.74, 6) is -2.79. The van der Waals surface area contributed by atoms with E-state index in [1.165, 1.54) is 6.92 Å². The lowest BCUT2D eigenvalue weighted by atomic mass is 10.2. The summed E-state index contributed by atoms with van der Waals surface area (Å²) in [5.41, 5.74) is 1.08. The Morgan fingerprint density at radius 1 is 1.12 bits per heavy atom. The molecule has 0 aliphatic carbocycles. The number of hydrogen-bond donors (Lipinski definition) is 1. The second kappa shape index (κ2) is 6.07. The van der Waals surface area contributed by atoms with Crippen LogP contribution in [0.3, 0.4) is 0 Å². The fraction of sp³-hybridized carbons (Fsp3) is 0.700. The van der Waals surface area contributed by atoms with E-state index in [-0.39, 0.29) is 0 Å². The Hall–Kier alpha value is -1.79. The van der Waals surface area contributed by atoms with E-state index >= 15 is 0 Å². The average molecular weight is 247 g/mol. The molecular formula is C10H17NO6. The molecule has 7 heteroatoms. The number of carbonyl (C=O) groups excluding carboxylic acids is 3. The first kappa shape index (κ1) is 15.2. The fourth-order valence-corrected chi connectivity index (χ4v) is 0.752. The molecule has 0 aliphatic heterocycles. The Labute approximate surface area is 99.4 Å². The van der Waals surface area contributed by atoms with Crippen molar-refractivity contribution in [3.05, 3.63) is 0 Å². The highest BCUT2D eigenvalue weighted by atomic mass is 16.7. The van der Waals surface area contributed by atoms with Crippen molar-refractivity contribution in [1.82, 2.24) is 5.48 Å². The van der Waals surface area contributed by atoms with Crippen LogP contribution in [-0.2, 0) is 23.9 Å². The van der Waals surface area contributed by atoms with Crippen molar-refractivity contribution < 1.29 is 28.7 Å². The van der Waals surface area contributed by atoms with E-state index in [9.17, 15) is 14.4 Å². The topological polar surface area (TPSA) is 90.9 Å². The standard InChI is InChI=1S/C10H17NO6/c1-6(7(12)15-5)8(13)17-11-9(14)16-10(2,3)4/h6H,1-5H3,(H,11,14). The van der Waals surface area contributed by atoms with Crippen LogP contribution in [0.1, 0.15) is 27.7 Å². The van der Waals surface area contributed by atoms with Crippen molar-refractivity contribution in [2.45, 2.75) is 33.3 Å². The van der Waals surface area contributed by atoms with E-state index in [1.54, 1.807) is 26.3 Å². The zero-order chi connectivity index (χ0) is 13.6. The number of carbonyl (C=O) groups is 3. The van der Waals surface area contributed by atoms with Crippen LogP contribution in [0, 0.1) is 5.92 Å². The molecule has 0 bridgehead atoms. The van der Waals surface area contributed by atoms with Gasteiger partial charge in [0.25, 0.3) is 0 Å². The van der Waals surface area contributed by atoms with E-state index in [2.05, 4.69) is 9.57 Å². The quantitative estimate of drug-likeness (QED) is 0.335. The van der Waals surface area contributed by atoms with Gasteiger partial charge in [0.05, 0.1) is 7.11 Å². The second-order valence-electron chi connectivity index (χ2n) is 4.27. The summed E-state index contributed by atoms with van der Waals surface area (Å²) in [6.07, 6.45) is -0.914. The SMILES string of the molecule is COC(=O)C(C)C(=O)ONC(=O)OC(C)(C)C. The Morgan fingerprint density at radius 2 is 1.65 bits per heavy atom. The first-order chi connectivity index (χ1) is 7.67. The first-order valence-corrected chi connectivity index (χ1v) is 4.95. The van der Waals surface area contributed by atoms with Crippen molar-refractivity contribution in [2.75, 3.05) is 7.11 Å². The van der Waals surface area contributed by atoms with Crippen LogP contribution >= 0.6 is 0 Å². The molecule has 1 N–H and O–H groups in total. The monoisotopic (exact) mass is 247 g/mol. The summed E-state index contributed by atoms with van der Waals surface area (Å²) in [5, 5.41) is 0. The largest absolute Gasteiger partial charge is 0.468 e. The summed E-state index contributed by atoms with van der Waals surface area (Å²) in [6, 6.07) is 0. The third-order valence-corrected chi connectivity index (χ3v) is 1.54. The highest BCUT2D eigenvalue weighted by Crippen LogP contribution is 2.06. The summed E-state index contributed by atoms with van der Waals surface area (Å²) in [4.78, 5) is 37.6. The molecule has 0 saturated heterocycles. The number of ether oxygens (including phenoxy) is 2. The number of amides is 1. The van der Waals surface area contributed by atoms with E-state index in [4.69, 9.17) is 4.74 Å². The molecule has 17 heavy (non-hydrogen) atoms. The van der Waals surface area contributed by atoms with Gasteiger partial charge in [-0.15, -0.1) is 5.48 Å². The lowest BCUT2D eigenvalue weighted by Crippen LogP contribution is -2.36. The highest BCUT2D eigenvalue weighted by Gasteiger charge is 2.25. The van der Waals surface area contributed by atoms with Gasteiger partial charge in [0.1, 0.15) is 5.60 Å². The average Bonchev–Trinajstić information content (AvgIpc) is 2.21. The van der Waals surface area contributed by atoms with Crippen LogP contribution in [0.25, 0.3) is 0 Å². The third-order valence-electron chi connectivity index (χ3n) is 1.54. The van der Waals surface area contributed by atoms with Crippen molar-refractivity contribution in [2.24, 2.45) is 5.92 Å². The number of nitrogens with one attached hydrogen (secondary N) is 1. The smallest absolute Gasteiger partial charge is 0.441 e. The molecule has 0 aromatic carbocycles. The van der Waals surface area contributed by atoms with Gasteiger partial charge in [0, 0.05) is 0 Å². The van der Waals surface area contributed by atoms with Crippen LogP contribution in [-0.4, -0.2) is 30.7 Å². The van der Waals surface area contributed by atoms with Crippen LogP contribution in [0.4, 0.5) is 4.79 Å². The van der Waals surface area contributed by atoms with Crippen molar-refractivity contribution >= 4 is 18.0 Å². The molecule has 0 heterocycles. The fourth-order valence-electron chi connectivity index (χ4n) is 0.752. The van der Waals surface area contributed by atoms with Gasteiger partial charge >= 0.3 is 18.0 Å². The number of esters is 1. The molecule has 0 spiro atoms. The maximum atomic E-state index is 11.2. The molecule has 1 atom stereocenters. The number of methoxy groups -OCH3 is 1. The molecule has 0 fully saturated rings. The first-order valence-electron chi connectivity index (χ1n) is 4.95. The normalized spacial score (nSPS) is 12.3. The van der Waals surface area contributed by atoms with Crippen molar-refractivity contribution in [1.29, 1.82) is 0 Å². The van der Waals surface area contributed by atoms with Crippen LogP contribution in [0.5, 0.6) is 0 Å². The number of hydrogen-bond acceptors (Lipinski definition) is 6. The lowest BCUT2D eigenvalue weighted by Gasteiger charge is -2.19. The minimum atomic E-state index is -1.12. The molecule has 0 rings (SSSR count). The van der Waals surface area contributed by atoms with E-state index in [0.29, 0.717) is 0 Å². The van der Waals surface area contributed by atoms with Gasteiger partial charge < -0.3 is 14.3 Å². The zero-order valence-corrected chi connectivity index (χ0v) is 10.5. The Morgan fingerprint density at radius 3 is 2.06 bits per heavy atom. The molecule has 0 aromatic rings. The van der Waals surface area contributed by atoms with Gasteiger partial charge in [-0.3, -0.25) is 4.79 Å². The molecule has 1 amide bonds. The van der Waals surface area contributed by atoms with Crippen LogP contribution in [0.2, 0.25) is 0 Å². The highest BCUT2D eigenvalue weighted by molar-refractivity contribution is 5.94. The third kappa shape index (κ3) is 6.39. The summed E-state index contributed by atoms with van der Waals surface area (Å²) in [6.45, 7) is 6.27. The molecule has 1 unspecified atom stereocenters. The maximum Gasteiger partial charge on any atom is 0.441 e. The van der Waals surface area contributed by atoms with Crippen molar-refractivity contribution in [3.63, 3.8) is 0 Å². The van der Waals surface area contributed by atoms with Gasteiger partial charge in [0.2, 0.25) is 0 Å². The number of rotatable bonds is 2. The van der Waals surface area contributed by atoms with E-state index in [0.717, 1.165) is 7.11 Å². The van der Waals surface area contributed by atoms with Gasteiger partial charge in [-0.2, -0.15) is 0 Å². The molecular weight excluding hydrogens is 230 g/mol. The van der Waals surface area contributed by atoms with Crippen molar-refractivity contribution in [3.8, 4) is 0 Å². The molecule has 0 radical (unpaired) electrons. The molecule has 98 valence electrons. The Balaban J connectivity index is 4.09. The van der Waals surface area contributed by atoms with Gasteiger partial charge in [-0.1, -0.05) is 0 Å². The zero-order valence-electron chi connectivity index (χ0n) is 10.5. The summed E-state index contributed by atoms with van der Waals surface area (Å²) < 4.78 is 9.15. The van der Waals surface area contributed by atoms with Gasteiger partial charge in [0.15, 0.2) is 5.92 Å². The van der Waals surface area contributed by atoms with Gasteiger partial charge in [-0.05, 0) is 27.7 Å². The van der Waals surface area contributed by atoms with Gasteiger partial charge in [-0.25, -0.2) is 9.59 Å². The maximum absolute atomic E-state index is 11.2. The molecule has 0 saturated carbocycles. The summed E-state index contributed by atoms with van der Waals surface area (Å²) in [7, 11) is 1.15. The Kier molecular flexibility index (Phi) is 5.43. The minimum Gasteiger partial charge on any atom is -0.468 e.